The van der Waals surface area contributed by atoms with Crippen LogP contribution in [0.2, 0.25) is 0 Å². The van der Waals surface area contributed by atoms with Crippen molar-refractivity contribution >= 4 is 29.8 Å². The summed E-state index contributed by atoms with van der Waals surface area (Å²) in [5.41, 5.74) is 1.23. The van der Waals surface area contributed by atoms with E-state index < -0.39 is 17.9 Å². The molecule has 0 aromatic heterocycles. The number of terminal acetylenes is 1. The number of nitrogens with one attached hydrogen (secondary N) is 2. The van der Waals surface area contributed by atoms with Crippen LogP contribution in [0.4, 0.5) is 5.69 Å². The zero-order valence-corrected chi connectivity index (χ0v) is 13.9. The third-order valence-corrected chi connectivity index (χ3v) is 3.98. The molecule has 7 heteroatoms. The van der Waals surface area contributed by atoms with E-state index >= 15 is 0 Å². The Morgan fingerprint density at radius 1 is 1.36 bits per heavy atom. The smallest absolute Gasteiger partial charge is 0.263 e. The number of fused-ring (bicyclic) bond motifs is 1. The molecule has 130 valence electrons. The summed E-state index contributed by atoms with van der Waals surface area (Å²) in [4.78, 5) is 48.1. The normalized spacial score (nSPS) is 13.8. The molecule has 1 aromatic rings. The van der Waals surface area contributed by atoms with Crippen molar-refractivity contribution in [3.8, 4) is 12.3 Å². The fraction of sp³-hybridized carbons (Fsp3) is 0.333. The summed E-state index contributed by atoms with van der Waals surface area (Å²) in [6, 6.07) is 4.57. The molecule has 1 unspecified atom stereocenters. The van der Waals surface area contributed by atoms with Crippen molar-refractivity contribution in [1.29, 1.82) is 0 Å². The third kappa shape index (κ3) is 3.86. The number of rotatable bonds is 8. The maximum atomic E-state index is 12.7. The second-order valence-corrected chi connectivity index (χ2v) is 5.66. The molecule has 1 aliphatic heterocycles. The van der Waals surface area contributed by atoms with Gasteiger partial charge >= 0.3 is 0 Å². The summed E-state index contributed by atoms with van der Waals surface area (Å²) in [7, 11) is 0. The lowest BCUT2D eigenvalue weighted by molar-refractivity contribution is -0.125. The predicted octanol–water partition coefficient (Wildman–Crippen LogP) is 1.16. The molecule has 0 bridgehead atoms. The number of amides is 4. The summed E-state index contributed by atoms with van der Waals surface area (Å²) < 4.78 is 0. The van der Waals surface area contributed by atoms with Crippen molar-refractivity contribution in [2.24, 2.45) is 0 Å². The van der Waals surface area contributed by atoms with Crippen molar-refractivity contribution in [3.05, 3.63) is 29.3 Å². The van der Waals surface area contributed by atoms with Gasteiger partial charge in [-0.2, -0.15) is 0 Å². The van der Waals surface area contributed by atoms with Gasteiger partial charge in [0.1, 0.15) is 0 Å². The first-order chi connectivity index (χ1) is 12.0. The molecule has 0 fully saturated rings. The van der Waals surface area contributed by atoms with E-state index in [0.717, 1.165) is 4.90 Å². The highest BCUT2D eigenvalue weighted by Crippen LogP contribution is 2.31. The van der Waals surface area contributed by atoms with E-state index in [1.54, 1.807) is 25.1 Å². The minimum Gasteiger partial charge on any atom is -0.383 e. The number of anilines is 1. The Morgan fingerprint density at radius 3 is 2.80 bits per heavy atom. The molecule has 1 atom stereocenters. The van der Waals surface area contributed by atoms with Crippen molar-refractivity contribution < 1.29 is 19.2 Å². The number of benzene rings is 1. The van der Waals surface area contributed by atoms with Crippen LogP contribution < -0.4 is 10.6 Å². The van der Waals surface area contributed by atoms with Crippen LogP contribution in [0.3, 0.4) is 0 Å². The number of carbonyl (C=O) groups excluding carboxylic acids is 4. The van der Waals surface area contributed by atoms with E-state index in [0.29, 0.717) is 36.2 Å². The minimum absolute atomic E-state index is 0.0423. The Kier molecular flexibility index (Phi) is 5.90. The van der Waals surface area contributed by atoms with Gasteiger partial charge in [0, 0.05) is 31.1 Å². The van der Waals surface area contributed by atoms with Crippen LogP contribution in [-0.4, -0.2) is 41.6 Å². The fourth-order valence-corrected chi connectivity index (χ4v) is 2.73. The van der Waals surface area contributed by atoms with E-state index in [1.807, 2.05) is 5.32 Å². The quantitative estimate of drug-likeness (QED) is 0.320. The average molecular weight is 341 g/mol. The maximum Gasteiger partial charge on any atom is 0.263 e. The van der Waals surface area contributed by atoms with Gasteiger partial charge in [0.15, 0.2) is 0 Å². The summed E-state index contributed by atoms with van der Waals surface area (Å²) >= 11 is 0. The van der Waals surface area contributed by atoms with E-state index in [9.17, 15) is 19.2 Å². The van der Waals surface area contributed by atoms with Crippen LogP contribution in [0, 0.1) is 12.3 Å². The standard InChI is InChI=1S/C18H19N3O4/c1-3-4-10-19-14-7-5-6-13-16(14)18(25)21(17(13)24)12(2)8-9-15(23)20-11-22/h1,5-7,11-12,19H,4,8-10H2,2H3,(H,20,22,23). The Balaban J connectivity index is 2.16. The third-order valence-electron chi connectivity index (χ3n) is 3.98. The van der Waals surface area contributed by atoms with Gasteiger partial charge in [0.05, 0.1) is 11.1 Å². The highest BCUT2D eigenvalue weighted by molar-refractivity contribution is 6.23. The number of nitrogens with zero attached hydrogens (tertiary/aromatic N) is 1. The Labute approximate surface area is 145 Å². The zero-order chi connectivity index (χ0) is 18.4. The van der Waals surface area contributed by atoms with Crippen molar-refractivity contribution in [2.75, 3.05) is 11.9 Å². The number of hydrogen-bond acceptors (Lipinski definition) is 5. The van der Waals surface area contributed by atoms with Gasteiger partial charge in [-0.1, -0.05) is 6.07 Å². The number of carbonyl (C=O) groups is 4. The van der Waals surface area contributed by atoms with Gasteiger partial charge in [0.2, 0.25) is 12.3 Å². The van der Waals surface area contributed by atoms with Gasteiger partial charge in [-0.05, 0) is 25.5 Å². The number of imide groups is 2. The van der Waals surface area contributed by atoms with Crippen LogP contribution in [0.1, 0.15) is 46.9 Å². The van der Waals surface area contributed by atoms with Gasteiger partial charge in [-0.15, -0.1) is 12.3 Å². The van der Waals surface area contributed by atoms with Crippen LogP contribution in [0.25, 0.3) is 0 Å². The van der Waals surface area contributed by atoms with Crippen molar-refractivity contribution in [1.82, 2.24) is 10.2 Å². The van der Waals surface area contributed by atoms with Crippen LogP contribution in [-0.2, 0) is 9.59 Å². The predicted molar refractivity (Wildman–Crippen MR) is 91.8 cm³/mol. The van der Waals surface area contributed by atoms with E-state index in [1.165, 1.54) is 0 Å². The van der Waals surface area contributed by atoms with Gasteiger partial charge in [0.25, 0.3) is 11.8 Å². The molecule has 0 aliphatic carbocycles. The molecule has 0 radical (unpaired) electrons. The first kappa shape index (κ1) is 18.2. The topological polar surface area (TPSA) is 95.6 Å². The highest BCUT2D eigenvalue weighted by atomic mass is 16.2. The summed E-state index contributed by atoms with van der Waals surface area (Å²) in [5.74, 6) is 1.27. The van der Waals surface area contributed by atoms with Gasteiger partial charge < -0.3 is 5.32 Å². The van der Waals surface area contributed by atoms with Crippen LogP contribution in [0.5, 0.6) is 0 Å². The molecule has 25 heavy (non-hydrogen) atoms. The van der Waals surface area contributed by atoms with Gasteiger partial charge in [-0.3, -0.25) is 29.4 Å². The molecule has 2 N–H and O–H groups in total. The molecule has 0 saturated carbocycles. The molecule has 1 aliphatic rings. The first-order valence-corrected chi connectivity index (χ1v) is 7.92. The van der Waals surface area contributed by atoms with E-state index in [2.05, 4.69) is 11.2 Å². The summed E-state index contributed by atoms with van der Waals surface area (Å²) in [5, 5.41) is 5.11. The maximum absolute atomic E-state index is 12.7. The summed E-state index contributed by atoms with van der Waals surface area (Å²) in [6.45, 7) is 2.19. The zero-order valence-electron chi connectivity index (χ0n) is 13.9. The Hall–Kier alpha value is -3.14. The van der Waals surface area contributed by atoms with Crippen molar-refractivity contribution in [3.63, 3.8) is 0 Å². The second kappa shape index (κ2) is 8.11. The molecular weight excluding hydrogens is 322 g/mol. The average Bonchev–Trinajstić information content (AvgIpc) is 2.85. The molecule has 2 rings (SSSR count). The Bertz CT molecular complexity index is 751. The molecule has 0 spiro atoms. The Morgan fingerprint density at radius 2 is 2.12 bits per heavy atom. The fourth-order valence-electron chi connectivity index (χ4n) is 2.73. The summed E-state index contributed by atoms with van der Waals surface area (Å²) in [6.07, 6.45) is 6.34. The number of hydrogen-bond donors (Lipinski definition) is 2. The van der Waals surface area contributed by atoms with Crippen molar-refractivity contribution in [2.45, 2.75) is 32.2 Å². The lowest BCUT2D eigenvalue weighted by atomic mass is 10.1. The minimum atomic E-state index is -0.469. The van der Waals surface area contributed by atoms with Crippen LogP contribution >= 0.6 is 0 Å². The first-order valence-electron chi connectivity index (χ1n) is 7.92. The van der Waals surface area contributed by atoms with E-state index in [-0.39, 0.29) is 18.7 Å². The lowest BCUT2D eigenvalue weighted by Gasteiger charge is -2.22. The lowest BCUT2D eigenvalue weighted by Crippen LogP contribution is -2.38. The highest BCUT2D eigenvalue weighted by Gasteiger charge is 2.39. The van der Waals surface area contributed by atoms with Gasteiger partial charge in [-0.25, -0.2) is 0 Å². The molecular formula is C18H19N3O4. The molecule has 1 heterocycles. The molecule has 1 aromatic carbocycles. The molecule has 4 amide bonds. The molecule has 0 saturated heterocycles. The second-order valence-electron chi connectivity index (χ2n) is 5.66. The largest absolute Gasteiger partial charge is 0.383 e. The SMILES string of the molecule is C#CCCNc1cccc2c1C(=O)N(C(C)CCC(=O)NC=O)C2=O. The molecule has 7 nitrogen and oxygen atoms in total. The monoisotopic (exact) mass is 341 g/mol. The van der Waals surface area contributed by atoms with Crippen LogP contribution in [0.15, 0.2) is 18.2 Å². The van der Waals surface area contributed by atoms with E-state index in [4.69, 9.17) is 6.42 Å².